The Bertz CT molecular complexity index is 836. The molecule has 1 aliphatic rings. The monoisotopic (exact) mass is 433 g/mol. The molecule has 1 fully saturated rings. The third-order valence-corrected chi connectivity index (χ3v) is 4.50. The molecule has 2 rings (SSSR count). The fourth-order valence-electron chi connectivity index (χ4n) is 2.94. The number of carbonyl (C=O) groups is 1. The normalized spacial score (nSPS) is 17.4. The van der Waals surface area contributed by atoms with Crippen LogP contribution in [0.25, 0.3) is 0 Å². The number of hydrogen-bond acceptors (Lipinski definition) is 3. The molecule has 0 aromatic heterocycles. The van der Waals surface area contributed by atoms with Crippen LogP contribution in [0.1, 0.15) is 45.1 Å². The summed E-state index contributed by atoms with van der Waals surface area (Å²) in [5.41, 5.74) is -3.38. The van der Waals surface area contributed by atoms with Crippen LogP contribution >= 0.6 is 0 Å². The number of nitrogens with zero attached hydrogens (tertiary/aromatic N) is 2. The highest BCUT2D eigenvalue weighted by Crippen LogP contribution is 2.36. The van der Waals surface area contributed by atoms with Crippen molar-refractivity contribution in [3.63, 3.8) is 0 Å². The van der Waals surface area contributed by atoms with Gasteiger partial charge in [-0.05, 0) is 43.0 Å². The van der Waals surface area contributed by atoms with Crippen molar-refractivity contribution in [1.82, 2.24) is 5.32 Å². The summed E-state index contributed by atoms with van der Waals surface area (Å²) in [4.78, 5) is 15.9. The second kappa shape index (κ2) is 8.66. The van der Waals surface area contributed by atoms with Crippen molar-refractivity contribution < 1.29 is 31.1 Å². The predicted octanol–water partition coefficient (Wildman–Crippen LogP) is 4.79. The van der Waals surface area contributed by atoms with E-state index >= 15 is 0 Å². The lowest BCUT2D eigenvalue weighted by Crippen LogP contribution is -2.44. The first-order valence-corrected chi connectivity index (χ1v) is 9.29. The molecule has 1 amide bonds. The number of alkyl halides is 5. The maximum atomic E-state index is 14.4. The Kier molecular flexibility index (Phi) is 6.84. The predicted molar refractivity (Wildman–Crippen MR) is 97.5 cm³/mol. The zero-order chi connectivity index (χ0) is 22.7. The molecule has 4 nitrogen and oxygen atoms in total. The lowest BCUT2D eigenvalue weighted by molar-refractivity contribution is -0.126. The number of hydrogen-bond donors (Lipinski definition) is 1. The average molecular weight is 433 g/mol. The summed E-state index contributed by atoms with van der Waals surface area (Å²) >= 11 is 0. The maximum Gasteiger partial charge on any atom is 0.433 e. The van der Waals surface area contributed by atoms with E-state index in [2.05, 4.69) is 10.3 Å². The number of aliphatic imine (C=N–C) groups is 1. The number of halogens is 6. The highest BCUT2D eigenvalue weighted by atomic mass is 19.4. The third kappa shape index (κ3) is 6.47. The highest BCUT2D eigenvalue weighted by Gasteiger charge is 2.47. The SMILES string of the molecule is CC(C)CC(F)(F)C[C@H](N=C(c1ccc(F)cc1)C(F)(F)F)C(=O)NC1(C#N)CC1. The second-order valence-electron chi connectivity index (χ2n) is 7.84. The molecule has 0 bridgehead atoms. The molecule has 10 heteroatoms. The van der Waals surface area contributed by atoms with Gasteiger partial charge in [0.1, 0.15) is 23.1 Å². The van der Waals surface area contributed by atoms with Crippen LogP contribution in [0.2, 0.25) is 0 Å². The smallest absolute Gasteiger partial charge is 0.336 e. The van der Waals surface area contributed by atoms with Crippen molar-refractivity contribution in [2.75, 3.05) is 0 Å². The molecule has 1 N–H and O–H groups in total. The molecule has 0 radical (unpaired) electrons. The lowest BCUT2D eigenvalue weighted by atomic mass is 9.98. The van der Waals surface area contributed by atoms with Gasteiger partial charge in [-0.2, -0.15) is 18.4 Å². The Labute approximate surface area is 170 Å². The highest BCUT2D eigenvalue weighted by molar-refractivity contribution is 6.05. The number of nitrogens with one attached hydrogen (secondary N) is 1. The summed E-state index contributed by atoms with van der Waals surface area (Å²) in [6.45, 7) is 3.03. The van der Waals surface area contributed by atoms with Crippen molar-refractivity contribution in [2.45, 2.75) is 63.2 Å². The van der Waals surface area contributed by atoms with Crippen molar-refractivity contribution in [3.8, 4) is 6.07 Å². The minimum absolute atomic E-state index is 0.276. The van der Waals surface area contributed by atoms with Crippen LogP contribution in [0.5, 0.6) is 0 Å². The van der Waals surface area contributed by atoms with Gasteiger partial charge in [0, 0.05) is 18.4 Å². The first kappa shape index (κ1) is 23.7. The number of amides is 1. The summed E-state index contributed by atoms with van der Waals surface area (Å²) in [7, 11) is 0. The standard InChI is InChI=1S/C20H21F6N3O/c1-12(2)9-19(22,23)10-15(17(30)29-18(11-27)7-8-18)28-16(20(24,25)26)13-3-5-14(21)6-4-13/h3-6,12,15H,7-10H2,1-2H3,(H,29,30)/t15-/m0/s1. The average Bonchev–Trinajstić information content (AvgIpc) is 3.37. The van der Waals surface area contributed by atoms with E-state index in [0.29, 0.717) is 0 Å². The van der Waals surface area contributed by atoms with E-state index in [1.54, 1.807) is 0 Å². The Hall–Kier alpha value is -2.57. The van der Waals surface area contributed by atoms with Gasteiger partial charge in [-0.15, -0.1) is 0 Å². The van der Waals surface area contributed by atoms with Crippen molar-refractivity contribution in [1.29, 1.82) is 5.26 Å². The van der Waals surface area contributed by atoms with Gasteiger partial charge in [0.05, 0.1) is 6.07 Å². The molecule has 0 saturated heterocycles. The van der Waals surface area contributed by atoms with Gasteiger partial charge in [-0.25, -0.2) is 13.2 Å². The van der Waals surface area contributed by atoms with Gasteiger partial charge < -0.3 is 5.32 Å². The van der Waals surface area contributed by atoms with Crippen LogP contribution in [0, 0.1) is 23.1 Å². The Balaban J connectivity index is 2.45. The minimum Gasteiger partial charge on any atom is -0.336 e. The van der Waals surface area contributed by atoms with Crippen LogP contribution in [0.15, 0.2) is 29.3 Å². The van der Waals surface area contributed by atoms with E-state index in [1.165, 1.54) is 13.8 Å². The molecule has 30 heavy (non-hydrogen) atoms. The van der Waals surface area contributed by atoms with E-state index in [0.717, 1.165) is 24.3 Å². The lowest BCUT2D eigenvalue weighted by Gasteiger charge is -2.24. The number of benzene rings is 1. The quantitative estimate of drug-likeness (QED) is 0.473. The molecule has 0 aliphatic heterocycles. The van der Waals surface area contributed by atoms with Gasteiger partial charge in [0.2, 0.25) is 5.91 Å². The van der Waals surface area contributed by atoms with E-state index in [9.17, 15) is 31.1 Å². The topological polar surface area (TPSA) is 65.2 Å². The largest absolute Gasteiger partial charge is 0.433 e. The van der Waals surface area contributed by atoms with Crippen LogP contribution in [-0.2, 0) is 4.79 Å². The number of carbonyl (C=O) groups excluding carboxylic acids is 1. The Morgan fingerprint density at radius 1 is 1.17 bits per heavy atom. The molecular formula is C20H21F6N3O. The zero-order valence-corrected chi connectivity index (χ0v) is 16.4. The van der Waals surface area contributed by atoms with Crippen LogP contribution < -0.4 is 5.32 Å². The molecule has 164 valence electrons. The van der Waals surface area contributed by atoms with E-state index in [4.69, 9.17) is 5.26 Å². The molecule has 0 heterocycles. The molecule has 1 aliphatic carbocycles. The van der Waals surface area contributed by atoms with Crippen LogP contribution in [0.3, 0.4) is 0 Å². The third-order valence-electron chi connectivity index (χ3n) is 4.50. The first-order chi connectivity index (χ1) is 13.8. The van der Waals surface area contributed by atoms with E-state index < -0.39 is 65.4 Å². The fraction of sp³-hybridized carbons (Fsp3) is 0.550. The Morgan fingerprint density at radius 3 is 2.17 bits per heavy atom. The van der Waals surface area contributed by atoms with Gasteiger partial charge in [-0.3, -0.25) is 9.79 Å². The summed E-state index contributed by atoms with van der Waals surface area (Å²) in [5.74, 6) is -5.90. The van der Waals surface area contributed by atoms with Gasteiger partial charge in [0.25, 0.3) is 5.92 Å². The molecular weight excluding hydrogens is 412 g/mol. The summed E-state index contributed by atoms with van der Waals surface area (Å²) in [5, 5.41) is 11.3. The molecule has 1 saturated carbocycles. The van der Waals surface area contributed by atoms with Crippen molar-refractivity contribution in [2.24, 2.45) is 10.9 Å². The van der Waals surface area contributed by atoms with Crippen molar-refractivity contribution >= 4 is 11.6 Å². The summed E-state index contributed by atoms with van der Waals surface area (Å²) < 4.78 is 82.6. The summed E-state index contributed by atoms with van der Waals surface area (Å²) in [6, 6.07) is 2.90. The molecule has 1 atom stereocenters. The van der Waals surface area contributed by atoms with E-state index in [1.807, 2.05) is 6.07 Å². The van der Waals surface area contributed by atoms with Gasteiger partial charge >= 0.3 is 6.18 Å². The molecule has 1 aromatic rings. The molecule has 0 unspecified atom stereocenters. The molecule has 1 aromatic carbocycles. The fourth-order valence-corrected chi connectivity index (χ4v) is 2.94. The van der Waals surface area contributed by atoms with Gasteiger partial charge in [-0.1, -0.05) is 13.8 Å². The molecule has 0 spiro atoms. The van der Waals surface area contributed by atoms with E-state index in [-0.39, 0.29) is 12.8 Å². The second-order valence-corrected chi connectivity index (χ2v) is 7.84. The minimum atomic E-state index is -5.07. The maximum absolute atomic E-state index is 14.4. The Morgan fingerprint density at radius 2 is 1.73 bits per heavy atom. The zero-order valence-electron chi connectivity index (χ0n) is 16.4. The first-order valence-electron chi connectivity index (χ1n) is 9.29. The van der Waals surface area contributed by atoms with Gasteiger partial charge in [0.15, 0.2) is 0 Å². The summed E-state index contributed by atoms with van der Waals surface area (Å²) in [6.07, 6.45) is -6.42. The number of rotatable bonds is 8. The van der Waals surface area contributed by atoms with Crippen LogP contribution in [0.4, 0.5) is 26.3 Å². The van der Waals surface area contributed by atoms with Crippen LogP contribution in [-0.4, -0.2) is 35.3 Å². The number of nitriles is 1. The van der Waals surface area contributed by atoms with Crippen molar-refractivity contribution in [3.05, 3.63) is 35.6 Å².